The number of sulfone groups is 1. The van der Waals surface area contributed by atoms with E-state index >= 15 is 0 Å². The first-order chi connectivity index (χ1) is 5.14. The summed E-state index contributed by atoms with van der Waals surface area (Å²) in [5.74, 6) is 0.710. The molecule has 1 fully saturated rings. The molecule has 0 radical (unpaired) electrons. The Balaban J connectivity index is 2.31. The van der Waals surface area contributed by atoms with Crippen molar-refractivity contribution in [1.29, 1.82) is 0 Å². The average molecular weight is 177 g/mol. The lowest BCUT2D eigenvalue weighted by atomic mass is 10.2. The first-order valence-corrected chi connectivity index (χ1v) is 5.90. The first kappa shape index (κ1) is 9.00. The van der Waals surface area contributed by atoms with Crippen LogP contribution in [0.1, 0.15) is 19.8 Å². The van der Waals surface area contributed by atoms with E-state index in [0.717, 1.165) is 19.4 Å². The molecule has 0 unspecified atom stereocenters. The van der Waals surface area contributed by atoms with E-state index in [1.54, 1.807) is 0 Å². The number of hydrogen-bond acceptors (Lipinski definition) is 3. The van der Waals surface area contributed by atoms with Crippen molar-refractivity contribution in [3.63, 3.8) is 0 Å². The first-order valence-electron chi connectivity index (χ1n) is 4.08. The molecule has 0 spiro atoms. The van der Waals surface area contributed by atoms with Crippen molar-refractivity contribution in [1.82, 2.24) is 5.32 Å². The normalized spacial score (nSPS) is 29.0. The molecule has 1 rings (SSSR count). The molecule has 0 aliphatic carbocycles. The highest BCUT2D eigenvalue weighted by Crippen LogP contribution is 2.10. The molecule has 0 bridgehead atoms. The zero-order valence-corrected chi connectivity index (χ0v) is 7.65. The van der Waals surface area contributed by atoms with Crippen molar-refractivity contribution in [3.05, 3.63) is 0 Å². The predicted molar refractivity (Wildman–Crippen MR) is 45.4 cm³/mol. The van der Waals surface area contributed by atoms with E-state index < -0.39 is 9.84 Å². The van der Waals surface area contributed by atoms with Gasteiger partial charge in [0.2, 0.25) is 0 Å². The van der Waals surface area contributed by atoms with Crippen molar-refractivity contribution in [2.45, 2.75) is 25.8 Å². The van der Waals surface area contributed by atoms with Gasteiger partial charge in [-0.25, -0.2) is 8.42 Å². The zero-order chi connectivity index (χ0) is 8.32. The smallest absolute Gasteiger partial charge is 0.151 e. The molecule has 0 aromatic rings. The van der Waals surface area contributed by atoms with Crippen LogP contribution in [-0.4, -0.2) is 32.5 Å². The molecule has 1 aliphatic heterocycles. The molecule has 4 heteroatoms. The summed E-state index contributed by atoms with van der Waals surface area (Å²) in [7, 11) is -2.69. The SMILES string of the molecule is CCCN[C@@H]1CCS(=O)(=O)C1. The lowest BCUT2D eigenvalue weighted by Crippen LogP contribution is -2.30. The van der Waals surface area contributed by atoms with Crippen LogP contribution in [0.5, 0.6) is 0 Å². The van der Waals surface area contributed by atoms with Gasteiger partial charge in [-0.1, -0.05) is 6.92 Å². The predicted octanol–water partition coefficient (Wildman–Crippen LogP) is 0.173. The molecule has 1 atom stereocenters. The van der Waals surface area contributed by atoms with Crippen molar-refractivity contribution in [3.8, 4) is 0 Å². The molecule has 66 valence electrons. The second kappa shape index (κ2) is 3.54. The van der Waals surface area contributed by atoms with Crippen molar-refractivity contribution in [2.75, 3.05) is 18.1 Å². The third-order valence-corrected chi connectivity index (χ3v) is 3.68. The van der Waals surface area contributed by atoms with E-state index in [0.29, 0.717) is 11.5 Å². The van der Waals surface area contributed by atoms with E-state index in [2.05, 4.69) is 12.2 Å². The molecule has 11 heavy (non-hydrogen) atoms. The van der Waals surface area contributed by atoms with Crippen molar-refractivity contribution >= 4 is 9.84 Å². The van der Waals surface area contributed by atoms with Crippen LogP contribution >= 0.6 is 0 Å². The van der Waals surface area contributed by atoms with Crippen molar-refractivity contribution < 1.29 is 8.42 Å². The van der Waals surface area contributed by atoms with Crippen LogP contribution in [0.2, 0.25) is 0 Å². The summed E-state index contributed by atoms with van der Waals surface area (Å²) in [5, 5.41) is 3.21. The molecule has 0 aromatic heterocycles. The fraction of sp³-hybridized carbons (Fsp3) is 1.00. The summed E-state index contributed by atoms with van der Waals surface area (Å²) in [6.07, 6.45) is 1.86. The quantitative estimate of drug-likeness (QED) is 0.668. The molecule has 1 aliphatic rings. The van der Waals surface area contributed by atoms with Crippen LogP contribution in [0.25, 0.3) is 0 Å². The summed E-state index contributed by atoms with van der Waals surface area (Å²) in [4.78, 5) is 0. The largest absolute Gasteiger partial charge is 0.313 e. The Morgan fingerprint density at radius 1 is 1.55 bits per heavy atom. The molecule has 3 nitrogen and oxygen atoms in total. The number of hydrogen-bond donors (Lipinski definition) is 1. The highest BCUT2D eigenvalue weighted by molar-refractivity contribution is 7.91. The molecule has 0 saturated carbocycles. The lowest BCUT2D eigenvalue weighted by molar-refractivity contribution is 0.552. The second-order valence-corrected chi connectivity index (χ2v) is 5.28. The standard InChI is InChI=1S/C7H15NO2S/c1-2-4-8-7-3-5-11(9,10)6-7/h7-8H,2-6H2,1H3/t7-/m1/s1. The molecule has 1 heterocycles. The van der Waals surface area contributed by atoms with Gasteiger partial charge in [-0.2, -0.15) is 0 Å². The molecule has 1 saturated heterocycles. The van der Waals surface area contributed by atoms with Crippen molar-refractivity contribution in [2.24, 2.45) is 0 Å². The Kier molecular flexibility index (Phi) is 2.90. The van der Waals surface area contributed by atoms with Gasteiger partial charge in [0.1, 0.15) is 0 Å². The summed E-state index contributed by atoms with van der Waals surface area (Å²) in [6, 6.07) is 0.222. The lowest BCUT2D eigenvalue weighted by Gasteiger charge is -2.07. The minimum Gasteiger partial charge on any atom is -0.313 e. The number of nitrogens with one attached hydrogen (secondary N) is 1. The molecule has 1 N–H and O–H groups in total. The molecule has 0 aromatic carbocycles. The van der Waals surface area contributed by atoms with Crippen LogP contribution < -0.4 is 5.32 Å². The van der Waals surface area contributed by atoms with E-state index in [1.807, 2.05) is 0 Å². The fourth-order valence-electron chi connectivity index (χ4n) is 1.30. The summed E-state index contributed by atoms with van der Waals surface area (Å²) in [6.45, 7) is 3.01. The summed E-state index contributed by atoms with van der Waals surface area (Å²) in [5.41, 5.74) is 0. The average Bonchev–Trinajstić information content (AvgIpc) is 2.26. The van der Waals surface area contributed by atoms with Gasteiger partial charge < -0.3 is 5.32 Å². The van der Waals surface area contributed by atoms with Gasteiger partial charge in [-0.05, 0) is 19.4 Å². The van der Waals surface area contributed by atoms with E-state index in [-0.39, 0.29) is 6.04 Å². The summed E-state index contributed by atoms with van der Waals surface area (Å²) >= 11 is 0. The third-order valence-electron chi connectivity index (χ3n) is 1.92. The second-order valence-electron chi connectivity index (χ2n) is 3.05. The topological polar surface area (TPSA) is 46.2 Å². The van der Waals surface area contributed by atoms with Gasteiger partial charge in [-0.3, -0.25) is 0 Å². The Morgan fingerprint density at radius 2 is 2.27 bits per heavy atom. The van der Waals surface area contributed by atoms with Crippen LogP contribution in [0.3, 0.4) is 0 Å². The zero-order valence-electron chi connectivity index (χ0n) is 6.84. The van der Waals surface area contributed by atoms with E-state index in [1.165, 1.54) is 0 Å². The van der Waals surface area contributed by atoms with Crippen LogP contribution in [-0.2, 0) is 9.84 Å². The fourth-order valence-corrected chi connectivity index (χ4v) is 3.01. The van der Waals surface area contributed by atoms with Crippen LogP contribution in [0.15, 0.2) is 0 Å². The van der Waals surface area contributed by atoms with Crippen LogP contribution in [0.4, 0.5) is 0 Å². The van der Waals surface area contributed by atoms with Crippen LogP contribution in [0, 0.1) is 0 Å². The van der Waals surface area contributed by atoms with Gasteiger partial charge >= 0.3 is 0 Å². The van der Waals surface area contributed by atoms with Gasteiger partial charge in [0.05, 0.1) is 11.5 Å². The highest BCUT2D eigenvalue weighted by Gasteiger charge is 2.26. The van der Waals surface area contributed by atoms with E-state index in [9.17, 15) is 8.42 Å². The van der Waals surface area contributed by atoms with Gasteiger partial charge in [0.25, 0.3) is 0 Å². The Bertz CT molecular complexity index is 210. The maximum atomic E-state index is 11.0. The van der Waals surface area contributed by atoms with E-state index in [4.69, 9.17) is 0 Å². The molecular formula is C7H15NO2S. The Morgan fingerprint density at radius 3 is 2.73 bits per heavy atom. The Hall–Kier alpha value is -0.0900. The maximum Gasteiger partial charge on any atom is 0.151 e. The Labute approximate surface area is 68.1 Å². The monoisotopic (exact) mass is 177 g/mol. The minimum atomic E-state index is -2.69. The van der Waals surface area contributed by atoms with Gasteiger partial charge in [-0.15, -0.1) is 0 Å². The third kappa shape index (κ3) is 2.79. The molecular weight excluding hydrogens is 162 g/mol. The van der Waals surface area contributed by atoms with Gasteiger partial charge in [0, 0.05) is 6.04 Å². The number of rotatable bonds is 3. The molecule has 0 amide bonds. The van der Waals surface area contributed by atoms with Gasteiger partial charge in [0.15, 0.2) is 9.84 Å². The minimum absolute atomic E-state index is 0.222. The summed E-state index contributed by atoms with van der Waals surface area (Å²) < 4.78 is 21.9. The maximum absolute atomic E-state index is 11.0. The highest BCUT2D eigenvalue weighted by atomic mass is 32.2.